The van der Waals surface area contributed by atoms with Crippen LogP contribution in [0.15, 0.2) is 21.8 Å². The lowest BCUT2D eigenvalue weighted by atomic mass is 9.88. The molecule has 12 heteroatoms. The Kier molecular flexibility index (Phi) is 10.9. The van der Waals surface area contributed by atoms with E-state index in [1.54, 1.807) is 19.9 Å². The fraction of sp³-hybridized carbons (Fsp3) is 0.457. The van der Waals surface area contributed by atoms with Crippen LogP contribution in [0.3, 0.4) is 0 Å². The van der Waals surface area contributed by atoms with Gasteiger partial charge in [-0.3, -0.25) is 19.2 Å². The van der Waals surface area contributed by atoms with Crippen molar-refractivity contribution in [1.82, 2.24) is 15.3 Å². The first-order valence-electron chi connectivity index (χ1n) is 15.7. The van der Waals surface area contributed by atoms with Crippen LogP contribution in [0.4, 0.5) is 0 Å². The Labute approximate surface area is 279 Å². The van der Waals surface area contributed by atoms with Crippen molar-refractivity contribution in [3.05, 3.63) is 61.2 Å². The number of esters is 2. The summed E-state index contributed by atoms with van der Waals surface area (Å²) in [6.07, 6.45) is 6.29. The van der Waals surface area contributed by atoms with Crippen molar-refractivity contribution in [2.24, 2.45) is 10.9 Å². The Hall–Kier alpha value is -4.16. The molecule has 2 amide bonds. The first kappa shape index (κ1) is 35.7. The lowest BCUT2D eigenvalue weighted by Gasteiger charge is -2.30. The first-order chi connectivity index (χ1) is 22.2. The second kappa shape index (κ2) is 14.3. The number of carbonyl (C=O) groups is 4. The molecule has 0 aromatic carbocycles. The Balaban J connectivity index is 1.93. The van der Waals surface area contributed by atoms with Crippen molar-refractivity contribution < 1.29 is 33.8 Å². The SMILES string of the molecule is CCC1=C(C)C(C=c2[nH]c(=Cc3[nH]c(C=C4NC(=O)C(C)C4(S)C(C)O)c(C)c3CCC(=O)OC)c(CCC(=O)OC)c2C)=NC1=O. The van der Waals surface area contributed by atoms with Gasteiger partial charge in [0.05, 0.1) is 36.7 Å². The van der Waals surface area contributed by atoms with Crippen LogP contribution in [0.5, 0.6) is 0 Å². The summed E-state index contributed by atoms with van der Waals surface area (Å²) < 4.78 is 8.70. The summed E-state index contributed by atoms with van der Waals surface area (Å²) in [5, 5.41) is 15.0. The van der Waals surface area contributed by atoms with Gasteiger partial charge in [0.15, 0.2) is 0 Å². The summed E-state index contributed by atoms with van der Waals surface area (Å²) in [7, 11) is 2.70. The molecule has 1 fully saturated rings. The molecule has 0 aliphatic carbocycles. The second-order valence-corrected chi connectivity index (χ2v) is 12.8. The number of H-pyrrole nitrogens is 2. The Morgan fingerprint density at radius 3 is 2.13 bits per heavy atom. The van der Waals surface area contributed by atoms with Crippen molar-refractivity contribution in [3.63, 3.8) is 0 Å². The van der Waals surface area contributed by atoms with Gasteiger partial charge in [-0.1, -0.05) is 13.8 Å². The van der Waals surface area contributed by atoms with Crippen molar-refractivity contribution in [3.8, 4) is 0 Å². The third-order valence-electron chi connectivity index (χ3n) is 9.42. The number of aliphatic imine (C=N–C) groups is 1. The van der Waals surface area contributed by atoms with Gasteiger partial charge in [0.1, 0.15) is 0 Å². The molecule has 2 aromatic rings. The average Bonchev–Trinajstić information content (AvgIpc) is 3.67. The molecule has 0 radical (unpaired) electrons. The number of thiol groups is 1. The molecule has 3 unspecified atom stereocenters. The fourth-order valence-corrected chi connectivity index (χ4v) is 6.50. The van der Waals surface area contributed by atoms with Gasteiger partial charge in [-0.25, -0.2) is 4.99 Å². The normalized spacial score (nSPS) is 22.0. The zero-order valence-corrected chi connectivity index (χ0v) is 29.1. The molecule has 252 valence electrons. The number of aliphatic hydroxyl groups excluding tert-OH is 1. The zero-order valence-electron chi connectivity index (χ0n) is 28.2. The summed E-state index contributed by atoms with van der Waals surface area (Å²) in [4.78, 5) is 60.7. The van der Waals surface area contributed by atoms with E-state index in [9.17, 15) is 24.3 Å². The van der Waals surface area contributed by atoms with Crippen LogP contribution in [-0.2, 0) is 41.5 Å². The molecule has 0 spiro atoms. The number of rotatable bonds is 11. The van der Waals surface area contributed by atoms with Gasteiger partial charge in [0, 0.05) is 46.2 Å². The van der Waals surface area contributed by atoms with E-state index >= 15 is 0 Å². The number of hydrogen-bond donors (Lipinski definition) is 5. The summed E-state index contributed by atoms with van der Waals surface area (Å²) in [6.45, 7) is 11.0. The maximum absolute atomic E-state index is 12.7. The number of aromatic amines is 2. The number of nitrogens with one attached hydrogen (secondary N) is 3. The van der Waals surface area contributed by atoms with E-state index in [0.29, 0.717) is 47.6 Å². The Bertz CT molecular complexity index is 1840. The predicted molar refractivity (Wildman–Crippen MR) is 183 cm³/mol. The molecule has 3 atom stereocenters. The molecule has 4 heterocycles. The smallest absolute Gasteiger partial charge is 0.305 e. The van der Waals surface area contributed by atoms with Gasteiger partial charge in [-0.15, -0.1) is 0 Å². The number of methoxy groups -OCH3 is 2. The van der Waals surface area contributed by atoms with Gasteiger partial charge in [0.25, 0.3) is 5.91 Å². The molecule has 2 aliphatic heterocycles. The zero-order chi connectivity index (χ0) is 34.8. The quantitative estimate of drug-likeness (QED) is 0.182. The molecule has 2 aliphatic rings. The van der Waals surface area contributed by atoms with E-state index in [1.807, 2.05) is 39.8 Å². The number of aliphatic hydroxyl groups is 1. The topological polar surface area (TPSA) is 163 Å². The van der Waals surface area contributed by atoms with Gasteiger partial charge >= 0.3 is 11.9 Å². The maximum Gasteiger partial charge on any atom is 0.305 e. The van der Waals surface area contributed by atoms with Crippen LogP contribution in [0.2, 0.25) is 0 Å². The third-order valence-corrected chi connectivity index (χ3v) is 10.4. The van der Waals surface area contributed by atoms with E-state index in [-0.39, 0.29) is 36.6 Å². The van der Waals surface area contributed by atoms with E-state index in [1.165, 1.54) is 14.2 Å². The minimum atomic E-state index is -1.12. The average molecular weight is 665 g/mol. The van der Waals surface area contributed by atoms with Crippen LogP contribution >= 0.6 is 12.6 Å². The van der Waals surface area contributed by atoms with Crippen molar-refractivity contribution in [2.45, 2.75) is 84.5 Å². The highest BCUT2D eigenvalue weighted by atomic mass is 32.1. The maximum atomic E-state index is 12.7. The van der Waals surface area contributed by atoms with Crippen LogP contribution in [0.1, 0.15) is 80.6 Å². The summed E-state index contributed by atoms with van der Waals surface area (Å²) in [5.74, 6) is -1.74. The van der Waals surface area contributed by atoms with Crippen LogP contribution in [-0.4, -0.2) is 69.6 Å². The molecular formula is C35H44N4O7S. The number of aromatic nitrogens is 2. The number of ether oxygens (including phenoxy) is 2. The number of carbonyl (C=O) groups excluding carboxylic acids is 4. The number of allylic oxidation sites excluding steroid dienone is 1. The molecule has 1 saturated heterocycles. The number of hydrogen-bond acceptors (Lipinski definition) is 8. The van der Waals surface area contributed by atoms with Crippen molar-refractivity contribution >= 4 is 60.3 Å². The van der Waals surface area contributed by atoms with E-state index < -0.39 is 16.8 Å². The highest BCUT2D eigenvalue weighted by Gasteiger charge is 2.50. The minimum absolute atomic E-state index is 0.140. The van der Waals surface area contributed by atoms with Crippen molar-refractivity contribution in [2.75, 3.05) is 14.2 Å². The number of nitrogens with zero attached hydrogens (tertiary/aromatic N) is 1. The summed E-state index contributed by atoms with van der Waals surface area (Å²) >= 11 is 4.76. The predicted octanol–water partition coefficient (Wildman–Crippen LogP) is 2.64. The molecule has 4 N–H and O–H groups in total. The molecule has 11 nitrogen and oxygen atoms in total. The summed E-state index contributed by atoms with van der Waals surface area (Å²) in [6, 6.07) is 0. The highest BCUT2D eigenvalue weighted by Crippen LogP contribution is 2.41. The van der Waals surface area contributed by atoms with Crippen LogP contribution in [0.25, 0.3) is 18.2 Å². The monoisotopic (exact) mass is 664 g/mol. The van der Waals surface area contributed by atoms with Gasteiger partial charge in [0.2, 0.25) is 5.91 Å². The summed E-state index contributed by atoms with van der Waals surface area (Å²) in [5.41, 5.74) is 7.45. The largest absolute Gasteiger partial charge is 0.469 e. The van der Waals surface area contributed by atoms with Crippen molar-refractivity contribution in [1.29, 1.82) is 0 Å². The lowest BCUT2D eigenvalue weighted by molar-refractivity contribution is -0.141. The molecule has 2 aromatic heterocycles. The van der Waals surface area contributed by atoms with E-state index in [2.05, 4.69) is 20.3 Å². The molecule has 0 bridgehead atoms. The lowest BCUT2D eigenvalue weighted by Crippen LogP contribution is -2.40. The standard InChI is InChI=1S/C35H44N4O7S/c1-9-22-17(2)26(38-34(22)44)14-25-18(3)23(10-12-31(41)45-7)28(36-25)15-29-24(11-13-32(42)46-8)19(4)27(37-29)16-30-35(47,21(6)40)20(5)33(43)39-30/h14-16,20-21,36-37,40,47H,9-13H2,1-8H3,(H,39,43). The van der Waals surface area contributed by atoms with Gasteiger partial charge in [-0.2, -0.15) is 12.6 Å². The Morgan fingerprint density at radius 2 is 1.57 bits per heavy atom. The number of amides is 2. The van der Waals surface area contributed by atoms with E-state index in [4.69, 9.17) is 22.1 Å². The fourth-order valence-electron chi connectivity index (χ4n) is 6.27. The van der Waals surface area contributed by atoms with Crippen LogP contribution in [0, 0.1) is 19.8 Å². The molecule has 0 saturated carbocycles. The first-order valence-corrected chi connectivity index (χ1v) is 16.1. The van der Waals surface area contributed by atoms with Crippen LogP contribution < -0.4 is 16.0 Å². The van der Waals surface area contributed by atoms with Gasteiger partial charge in [-0.05, 0) is 93.0 Å². The van der Waals surface area contributed by atoms with E-state index in [0.717, 1.165) is 38.5 Å². The Morgan fingerprint density at radius 1 is 0.957 bits per heavy atom. The second-order valence-electron chi connectivity index (χ2n) is 12.1. The molecular weight excluding hydrogens is 620 g/mol. The molecule has 4 rings (SSSR count). The highest BCUT2D eigenvalue weighted by molar-refractivity contribution is 7.82. The molecule has 47 heavy (non-hydrogen) atoms. The van der Waals surface area contributed by atoms with Gasteiger partial charge < -0.3 is 29.9 Å². The minimum Gasteiger partial charge on any atom is -0.469 e. The third kappa shape index (κ3) is 6.94.